The molecule has 1 aliphatic rings. The van der Waals surface area contributed by atoms with Crippen LogP contribution < -0.4 is 4.74 Å². The average molecular weight is 426 g/mol. The third-order valence-corrected chi connectivity index (χ3v) is 4.82. The molecule has 2 aromatic rings. The highest BCUT2D eigenvalue weighted by Crippen LogP contribution is 2.32. The van der Waals surface area contributed by atoms with Crippen LogP contribution in [0.1, 0.15) is 48.2 Å². The molecule has 0 aliphatic carbocycles. The second kappa shape index (κ2) is 10.0. The van der Waals surface area contributed by atoms with Gasteiger partial charge in [-0.2, -0.15) is 0 Å². The molecule has 1 saturated heterocycles. The molecule has 2 unspecified atom stereocenters. The van der Waals surface area contributed by atoms with Gasteiger partial charge in [0.2, 0.25) is 0 Å². The largest absolute Gasteiger partial charge is 0.423 e. The van der Waals surface area contributed by atoms with Gasteiger partial charge in [-0.15, -0.1) is 0 Å². The van der Waals surface area contributed by atoms with Crippen LogP contribution in [0.4, 0.5) is 17.6 Å². The van der Waals surface area contributed by atoms with Crippen molar-refractivity contribution in [1.82, 2.24) is 0 Å². The fourth-order valence-electron chi connectivity index (χ4n) is 3.25. The van der Waals surface area contributed by atoms with Gasteiger partial charge in [0.05, 0.1) is 24.9 Å². The summed E-state index contributed by atoms with van der Waals surface area (Å²) in [7, 11) is 0. The van der Waals surface area contributed by atoms with Gasteiger partial charge in [0.15, 0.2) is 17.5 Å². The van der Waals surface area contributed by atoms with E-state index in [-0.39, 0.29) is 6.10 Å². The molecule has 30 heavy (non-hydrogen) atoms. The van der Waals surface area contributed by atoms with Crippen molar-refractivity contribution >= 4 is 5.97 Å². The van der Waals surface area contributed by atoms with Crippen molar-refractivity contribution in [2.24, 2.45) is 5.92 Å². The monoisotopic (exact) mass is 426 g/mol. The smallest absolute Gasteiger partial charge is 0.346 e. The van der Waals surface area contributed by atoms with Crippen molar-refractivity contribution in [2.75, 3.05) is 19.8 Å². The zero-order valence-corrected chi connectivity index (χ0v) is 16.4. The standard InChI is InChI=1S/C22H22F4O4/c1-2-7-28-11-13-3-6-20(29-12-13)14-4-5-16(17(23)8-14)22(27)30-15-9-18(24)21(26)19(25)10-15/h4-5,8-10,13,20H,2-3,6-7,11-12H2,1H3. The molecule has 1 fully saturated rings. The molecule has 0 amide bonds. The second-order valence-corrected chi connectivity index (χ2v) is 7.17. The predicted molar refractivity (Wildman–Crippen MR) is 100 cm³/mol. The van der Waals surface area contributed by atoms with E-state index >= 15 is 0 Å². The maximum Gasteiger partial charge on any atom is 0.346 e. The van der Waals surface area contributed by atoms with E-state index in [1.54, 1.807) is 6.07 Å². The molecule has 1 aliphatic heterocycles. The number of hydrogen-bond acceptors (Lipinski definition) is 4. The Morgan fingerprint density at radius 3 is 2.40 bits per heavy atom. The van der Waals surface area contributed by atoms with Gasteiger partial charge in [-0.25, -0.2) is 22.4 Å². The number of halogens is 4. The molecule has 0 aromatic heterocycles. The van der Waals surface area contributed by atoms with Gasteiger partial charge in [-0.3, -0.25) is 0 Å². The fraction of sp³-hybridized carbons (Fsp3) is 0.409. The summed E-state index contributed by atoms with van der Waals surface area (Å²) in [5.74, 6) is -6.98. The number of esters is 1. The zero-order valence-electron chi connectivity index (χ0n) is 16.4. The quantitative estimate of drug-likeness (QED) is 0.197. The van der Waals surface area contributed by atoms with Crippen LogP contribution in [-0.2, 0) is 9.47 Å². The molecule has 0 saturated carbocycles. The highest BCUT2D eigenvalue weighted by molar-refractivity contribution is 5.91. The molecule has 8 heteroatoms. The van der Waals surface area contributed by atoms with Crippen LogP contribution in [0.15, 0.2) is 30.3 Å². The first-order chi connectivity index (χ1) is 14.4. The van der Waals surface area contributed by atoms with Crippen LogP contribution in [0.3, 0.4) is 0 Å². The maximum absolute atomic E-state index is 14.5. The lowest BCUT2D eigenvalue weighted by Crippen LogP contribution is -2.24. The third kappa shape index (κ3) is 5.37. The Hall–Kier alpha value is -2.45. The van der Waals surface area contributed by atoms with Crippen molar-refractivity contribution in [1.29, 1.82) is 0 Å². The van der Waals surface area contributed by atoms with Gasteiger partial charge >= 0.3 is 5.97 Å². The van der Waals surface area contributed by atoms with E-state index in [2.05, 4.69) is 0 Å². The number of carbonyl (C=O) groups excluding carboxylic acids is 1. The topological polar surface area (TPSA) is 44.8 Å². The summed E-state index contributed by atoms with van der Waals surface area (Å²) >= 11 is 0. The fourth-order valence-corrected chi connectivity index (χ4v) is 3.25. The van der Waals surface area contributed by atoms with Crippen LogP contribution >= 0.6 is 0 Å². The van der Waals surface area contributed by atoms with Crippen molar-refractivity contribution in [3.05, 3.63) is 64.7 Å². The third-order valence-electron chi connectivity index (χ3n) is 4.82. The SMILES string of the molecule is CCCOCC1CCC(c2ccc(C(=O)Oc3cc(F)c(F)c(F)c3)c(F)c2)OC1. The van der Waals surface area contributed by atoms with Crippen LogP contribution in [-0.4, -0.2) is 25.8 Å². The Balaban J connectivity index is 1.62. The number of carbonyl (C=O) groups is 1. The average Bonchev–Trinajstić information content (AvgIpc) is 2.72. The number of rotatable bonds is 7. The molecular formula is C22H22F4O4. The van der Waals surface area contributed by atoms with Crippen molar-refractivity contribution in [3.8, 4) is 5.75 Å². The normalized spacial score (nSPS) is 19.0. The minimum atomic E-state index is -1.68. The predicted octanol–water partition coefficient (Wildman–Crippen LogP) is 5.36. The first kappa shape index (κ1) is 22.2. The number of hydrogen-bond donors (Lipinski definition) is 0. The lowest BCUT2D eigenvalue weighted by molar-refractivity contribution is -0.0434. The molecule has 4 nitrogen and oxygen atoms in total. The van der Waals surface area contributed by atoms with E-state index in [4.69, 9.17) is 14.2 Å². The highest BCUT2D eigenvalue weighted by Gasteiger charge is 2.25. The van der Waals surface area contributed by atoms with E-state index in [9.17, 15) is 22.4 Å². The molecule has 162 valence electrons. The molecule has 0 N–H and O–H groups in total. The van der Waals surface area contributed by atoms with Gasteiger partial charge in [-0.05, 0) is 37.0 Å². The highest BCUT2D eigenvalue weighted by atomic mass is 19.2. The van der Waals surface area contributed by atoms with Crippen molar-refractivity contribution in [2.45, 2.75) is 32.3 Å². The summed E-state index contributed by atoms with van der Waals surface area (Å²) < 4.78 is 70.1. The second-order valence-electron chi connectivity index (χ2n) is 7.17. The molecule has 0 radical (unpaired) electrons. The Bertz CT molecular complexity index is 872. The van der Waals surface area contributed by atoms with E-state index in [1.165, 1.54) is 12.1 Å². The Labute approximate surface area is 171 Å². The van der Waals surface area contributed by atoms with E-state index in [0.29, 0.717) is 49.9 Å². The van der Waals surface area contributed by atoms with E-state index in [0.717, 1.165) is 12.8 Å². The number of benzene rings is 2. The minimum absolute atomic E-state index is 0.295. The summed E-state index contributed by atoms with van der Waals surface area (Å²) in [6, 6.07) is 4.98. The molecule has 0 bridgehead atoms. The summed E-state index contributed by atoms with van der Waals surface area (Å²) in [5, 5.41) is 0. The van der Waals surface area contributed by atoms with Gasteiger partial charge in [0, 0.05) is 24.7 Å². The molecule has 1 heterocycles. The number of ether oxygens (including phenoxy) is 3. The molecular weight excluding hydrogens is 404 g/mol. The van der Waals surface area contributed by atoms with Gasteiger partial charge in [-0.1, -0.05) is 13.0 Å². The minimum Gasteiger partial charge on any atom is -0.423 e. The Morgan fingerprint density at radius 1 is 1.07 bits per heavy atom. The summed E-state index contributed by atoms with van der Waals surface area (Å²) in [6.45, 7) is 3.88. The van der Waals surface area contributed by atoms with Crippen LogP contribution in [0.5, 0.6) is 5.75 Å². The molecule has 2 atom stereocenters. The van der Waals surface area contributed by atoms with Crippen molar-refractivity contribution < 1.29 is 36.6 Å². The summed E-state index contributed by atoms with van der Waals surface area (Å²) in [4.78, 5) is 12.2. The molecule has 3 rings (SSSR count). The van der Waals surface area contributed by atoms with Crippen molar-refractivity contribution in [3.63, 3.8) is 0 Å². The molecule has 0 spiro atoms. The van der Waals surface area contributed by atoms with E-state index < -0.39 is 40.6 Å². The summed E-state index contributed by atoms with van der Waals surface area (Å²) in [5.41, 5.74) is 0.168. The summed E-state index contributed by atoms with van der Waals surface area (Å²) in [6.07, 6.45) is 2.22. The maximum atomic E-state index is 14.5. The first-order valence-electron chi connectivity index (χ1n) is 9.74. The zero-order chi connectivity index (χ0) is 21.7. The van der Waals surface area contributed by atoms with E-state index in [1.807, 2.05) is 6.92 Å². The van der Waals surface area contributed by atoms with Crippen LogP contribution in [0, 0.1) is 29.2 Å². The van der Waals surface area contributed by atoms with Crippen LogP contribution in [0.2, 0.25) is 0 Å². The van der Waals surface area contributed by atoms with Gasteiger partial charge in [0.25, 0.3) is 0 Å². The first-order valence-corrected chi connectivity index (χ1v) is 9.74. The lowest BCUT2D eigenvalue weighted by atomic mass is 9.94. The lowest BCUT2D eigenvalue weighted by Gasteiger charge is -2.29. The Kier molecular flexibility index (Phi) is 7.44. The Morgan fingerprint density at radius 2 is 1.80 bits per heavy atom. The van der Waals surface area contributed by atoms with Gasteiger partial charge in [0.1, 0.15) is 11.6 Å². The molecule has 2 aromatic carbocycles. The van der Waals surface area contributed by atoms with Crippen LogP contribution in [0.25, 0.3) is 0 Å². The van der Waals surface area contributed by atoms with Gasteiger partial charge < -0.3 is 14.2 Å².